The zero-order valence-electron chi connectivity index (χ0n) is 14.1. The average Bonchev–Trinajstić information content (AvgIpc) is 3.04. The number of pyridine rings is 1. The summed E-state index contributed by atoms with van der Waals surface area (Å²) in [5.74, 6) is 3.75. The van der Waals surface area contributed by atoms with E-state index in [1.165, 1.54) is 0 Å². The summed E-state index contributed by atoms with van der Waals surface area (Å²) < 4.78 is 16.8. The lowest BCUT2D eigenvalue weighted by Crippen LogP contribution is -2.31. The first-order valence-corrected chi connectivity index (χ1v) is 9.56. The van der Waals surface area contributed by atoms with Gasteiger partial charge in [0.25, 0.3) is 0 Å². The minimum atomic E-state index is -0.671. The SMILES string of the molecule is COc1ccc(-c2cncc(C3COB(O)C3)c2)cc1OC1CSC1. The van der Waals surface area contributed by atoms with E-state index in [1.807, 2.05) is 42.4 Å². The van der Waals surface area contributed by atoms with Gasteiger partial charge >= 0.3 is 7.12 Å². The van der Waals surface area contributed by atoms with Crippen molar-refractivity contribution >= 4 is 18.9 Å². The lowest BCUT2D eigenvalue weighted by atomic mass is 9.80. The van der Waals surface area contributed by atoms with Gasteiger partial charge < -0.3 is 19.2 Å². The van der Waals surface area contributed by atoms with Gasteiger partial charge in [0, 0.05) is 42.0 Å². The summed E-state index contributed by atoms with van der Waals surface area (Å²) in [6.45, 7) is 0.530. The van der Waals surface area contributed by atoms with Gasteiger partial charge in [0.2, 0.25) is 0 Å². The lowest BCUT2D eigenvalue weighted by molar-refractivity contribution is 0.228. The zero-order valence-corrected chi connectivity index (χ0v) is 14.9. The number of thioether (sulfide) groups is 1. The van der Waals surface area contributed by atoms with E-state index in [4.69, 9.17) is 14.1 Å². The third-order valence-electron chi connectivity index (χ3n) is 4.60. The Labute approximate surface area is 151 Å². The number of aromatic nitrogens is 1. The largest absolute Gasteiger partial charge is 0.493 e. The van der Waals surface area contributed by atoms with Crippen molar-refractivity contribution in [3.8, 4) is 22.6 Å². The monoisotopic (exact) mass is 357 g/mol. The van der Waals surface area contributed by atoms with Gasteiger partial charge in [0.15, 0.2) is 11.5 Å². The van der Waals surface area contributed by atoms with Crippen LogP contribution in [0.4, 0.5) is 0 Å². The first-order chi connectivity index (χ1) is 12.2. The Kier molecular flexibility index (Phi) is 4.88. The van der Waals surface area contributed by atoms with E-state index in [2.05, 4.69) is 11.1 Å². The molecule has 0 radical (unpaired) electrons. The van der Waals surface area contributed by atoms with E-state index in [0.29, 0.717) is 12.9 Å². The highest BCUT2D eigenvalue weighted by Crippen LogP contribution is 2.36. The van der Waals surface area contributed by atoms with E-state index in [9.17, 15) is 5.02 Å². The molecule has 7 heteroatoms. The van der Waals surface area contributed by atoms with Gasteiger partial charge in [-0.25, -0.2) is 0 Å². The fourth-order valence-electron chi connectivity index (χ4n) is 3.09. The third-order valence-corrected chi connectivity index (χ3v) is 5.82. The van der Waals surface area contributed by atoms with Crippen molar-refractivity contribution in [1.82, 2.24) is 4.98 Å². The molecule has 25 heavy (non-hydrogen) atoms. The molecule has 3 heterocycles. The molecule has 2 aromatic rings. The van der Waals surface area contributed by atoms with Crippen LogP contribution in [0.1, 0.15) is 11.5 Å². The maximum absolute atomic E-state index is 9.58. The normalized spacial score (nSPS) is 20.4. The molecule has 0 spiro atoms. The van der Waals surface area contributed by atoms with Gasteiger partial charge in [-0.05, 0) is 35.6 Å². The first kappa shape index (κ1) is 16.8. The molecule has 0 saturated carbocycles. The minimum absolute atomic E-state index is 0.184. The van der Waals surface area contributed by atoms with Gasteiger partial charge in [-0.15, -0.1) is 0 Å². The molecule has 2 saturated heterocycles. The predicted octanol–water partition coefficient (Wildman–Crippen LogP) is 2.85. The molecule has 1 unspecified atom stereocenters. The van der Waals surface area contributed by atoms with E-state index in [1.54, 1.807) is 7.11 Å². The summed E-state index contributed by atoms with van der Waals surface area (Å²) in [6.07, 6.45) is 4.57. The lowest BCUT2D eigenvalue weighted by Gasteiger charge is -2.27. The molecule has 2 aliphatic heterocycles. The zero-order chi connectivity index (χ0) is 17.2. The summed E-state index contributed by atoms with van der Waals surface area (Å²) in [5.41, 5.74) is 3.15. The van der Waals surface area contributed by atoms with Crippen molar-refractivity contribution in [2.75, 3.05) is 25.2 Å². The molecular weight excluding hydrogens is 337 g/mol. The maximum Gasteiger partial charge on any atom is 0.454 e. The number of hydrogen-bond donors (Lipinski definition) is 1. The summed E-state index contributed by atoms with van der Waals surface area (Å²) in [4.78, 5) is 4.38. The van der Waals surface area contributed by atoms with Gasteiger partial charge in [0.1, 0.15) is 6.10 Å². The van der Waals surface area contributed by atoms with Crippen LogP contribution in [-0.4, -0.2) is 48.5 Å². The van der Waals surface area contributed by atoms with Crippen LogP contribution < -0.4 is 9.47 Å². The Morgan fingerprint density at radius 1 is 1.20 bits per heavy atom. The quantitative estimate of drug-likeness (QED) is 0.831. The van der Waals surface area contributed by atoms with E-state index >= 15 is 0 Å². The molecule has 1 aromatic carbocycles. The Bertz CT molecular complexity index is 756. The van der Waals surface area contributed by atoms with Gasteiger partial charge in [-0.3, -0.25) is 4.98 Å². The van der Waals surface area contributed by atoms with Crippen LogP contribution in [0, 0.1) is 0 Å². The van der Waals surface area contributed by atoms with Gasteiger partial charge in [0.05, 0.1) is 7.11 Å². The number of methoxy groups -OCH3 is 1. The van der Waals surface area contributed by atoms with E-state index < -0.39 is 7.12 Å². The molecule has 2 fully saturated rings. The molecule has 0 aliphatic carbocycles. The number of rotatable bonds is 5. The average molecular weight is 357 g/mol. The third kappa shape index (κ3) is 3.63. The summed E-state index contributed by atoms with van der Waals surface area (Å²) in [7, 11) is 0.986. The van der Waals surface area contributed by atoms with Gasteiger partial charge in [-0.2, -0.15) is 11.8 Å². The topological polar surface area (TPSA) is 60.8 Å². The number of hydrogen-bond acceptors (Lipinski definition) is 6. The Morgan fingerprint density at radius 3 is 2.76 bits per heavy atom. The first-order valence-electron chi connectivity index (χ1n) is 8.40. The number of nitrogens with zero attached hydrogens (tertiary/aromatic N) is 1. The molecule has 1 aromatic heterocycles. The van der Waals surface area contributed by atoms with Crippen LogP contribution >= 0.6 is 11.8 Å². The molecular formula is C18H20BNO4S. The molecule has 4 rings (SSSR count). The van der Waals surface area contributed by atoms with Crippen LogP contribution in [0.2, 0.25) is 6.32 Å². The summed E-state index contributed by atoms with van der Waals surface area (Å²) >= 11 is 1.89. The molecule has 5 nitrogen and oxygen atoms in total. The molecule has 130 valence electrons. The second kappa shape index (κ2) is 7.27. The highest BCUT2D eigenvalue weighted by molar-refractivity contribution is 8.00. The second-order valence-corrected chi connectivity index (χ2v) is 7.45. The second-order valence-electron chi connectivity index (χ2n) is 6.37. The molecule has 2 aliphatic rings. The highest BCUT2D eigenvalue weighted by Gasteiger charge is 2.30. The van der Waals surface area contributed by atoms with Crippen molar-refractivity contribution in [1.29, 1.82) is 0 Å². The Hall–Kier alpha value is -1.70. The van der Waals surface area contributed by atoms with Crippen molar-refractivity contribution in [2.45, 2.75) is 18.3 Å². The molecule has 0 bridgehead atoms. The van der Waals surface area contributed by atoms with Crippen LogP contribution in [0.5, 0.6) is 11.5 Å². The summed E-state index contributed by atoms with van der Waals surface area (Å²) in [6, 6.07) is 8.08. The van der Waals surface area contributed by atoms with Crippen molar-refractivity contribution in [3.63, 3.8) is 0 Å². The highest BCUT2D eigenvalue weighted by atomic mass is 32.2. The fraction of sp³-hybridized carbons (Fsp3) is 0.389. The minimum Gasteiger partial charge on any atom is -0.493 e. The molecule has 1 N–H and O–H groups in total. The van der Waals surface area contributed by atoms with Crippen LogP contribution in [0.25, 0.3) is 11.1 Å². The van der Waals surface area contributed by atoms with Gasteiger partial charge in [-0.1, -0.05) is 6.07 Å². The van der Waals surface area contributed by atoms with Crippen LogP contribution in [0.3, 0.4) is 0 Å². The van der Waals surface area contributed by atoms with Crippen molar-refractivity contribution < 1.29 is 19.2 Å². The maximum atomic E-state index is 9.58. The molecule has 1 atom stereocenters. The Morgan fingerprint density at radius 2 is 2.08 bits per heavy atom. The van der Waals surface area contributed by atoms with Crippen molar-refractivity contribution in [2.24, 2.45) is 0 Å². The fourth-order valence-corrected chi connectivity index (χ4v) is 3.65. The predicted molar refractivity (Wildman–Crippen MR) is 99.4 cm³/mol. The van der Waals surface area contributed by atoms with Crippen LogP contribution in [-0.2, 0) is 4.65 Å². The number of benzene rings is 1. The van der Waals surface area contributed by atoms with Crippen LogP contribution in [0.15, 0.2) is 36.7 Å². The standard InChI is InChI=1S/C18H20BNO4S/c1-22-17-3-2-12(5-18(17)24-16-10-25-11-16)13-4-14(8-20-7-13)15-6-19(21)23-9-15/h2-5,7-8,15-16,21H,6,9-11H2,1H3. The number of ether oxygens (including phenoxy) is 2. The molecule has 0 amide bonds. The Balaban J connectivity index is 1.61. The summed E-state index contributed by atoms with van der Waals surface area (Å²) in [5, 5.41) is 9.58. The van der Waals surface area contributed by atoms with E-state index in [0.717, 1.165) is 39.7 Å². The van der Waals surface area contributed by atoms with E-state index in [-0.39, 0.29) is 12.0 Å². The smallest absolute Gasteiger partial charge is 0.454 e. The van der Waals surface area contributed by atoms with Crippen molar-refractivity contribution in [3.05, 3.63) is 42.2 Å².